The minimum absolute atomic E-state index is 0.0147. The maximum absolute atomic E-state index is 12.8. The van der Waals surface area contributed by atoms with Crippen molar-refractivity contribution >= 4 is 16.0 Å². The van der Waals surface area contributed by atoms with Crippen molar-refractivity contribution < 1.29 is 13.2 Å². The summed E-state index contributed by atoms with van der Waals surface area (Å²) in [5.74, 6) is 0.877. The standard InChI is InChI=1S/C19H25N5O3S/c1-27-19-22-17(21-18(23-19)24-10-4-5-11-24)13-20-28(25,26)16-9-8-14-6-2-3-7-15(14)12-16/h8-9,12,20H,2-7,10-11,13H2,1H3. The van der Waals surface area contributed by atoms with Crippen molar-refractivity contribution in [1.82, 2.24) is 19.7 Å². The quantitative estimate of drug-likeness (QED) is 0.786. The zero-order valence-corrected chi connectivity index (χ0v) is 16.8. The number of anilines is 1. The van der Waals surface area contributed by atoms with Crippen molar-refractivity contribution in [2.45, 2.75) is 50.0 Å². The number of nitrogens with zero attached hydrogens (tertiary/aromatic N) is 4. The molecular weight excluding hydrogens is 378 g/mol. The fourth-order valence-electron chi connectivity index (χ4n) is 3.74. The molecule has 4 rings (SSSR count). The molecule has 1 aliphatic heterocycles. The monoisotopic (exact) mass is 403 g/mol. The van der Waals surface area contributed by atoms with Crippen LogP contribution >= 0.6 is 0 Å². The molecule has 1 aromatic heterocycles. The van der Waals surface area contributed by atoms with Gasteiger partial charge in [0.2, 0.25) is 16.0 Å². The number of methoxy groups -OCH3 is 1. The number of aryl methyl sites for hydroxylation is 2. The molecule has 2 aliphatic rings. The van der Waals surface area contributed by atoms with E-state index in [9.17, 15) is 8.42 Å². The molecule has 0 unspecified atom stereocenters. The van der Waals surface area contributed by atoms with Crippen molar-refractivity contribution in [3.8, 4) is 6.01 Å². The van der Waals surface area contributed by atoms with Gasteiger partial charge in [0.1, 0.15) is 0 Å². The van der Waals surface area contributed by atoms with Crippen molar-refractivity contribution in [2.24, 2.45) is 0 Å². The molecule has 9 heteroatoms. The number of benzene rings is 1. The third-order valence-electron chi connectivity index (χ3n) is 5.27. The number of hydrogen-bond acceptors (Lipinski definition) is 7. The maximum atomic E-state index is 12.8. The van der Waals surface area contributed by atoms with E-state index in [1.807, 2.05) is 6.07 Å². The van der Waals surface area contributed by atoms with Gasteiger partial charge in [-0.15, -0.1) is 0 Å². The summed E-state index contributed by atoms with van der Waals surface area (Å²) < 4.78 is 33.3. The van der Waals surface area contributed by atoms with Crippen LogP contribution in [-0.2, 0) is 29.4 Å². The van der Waals surface area contributed by atoms with Crippen LogP contribution in [0.15, 0.2) is 23.1 Å². The van der Waals surface area contributed by atoms with E-state index >= 15 is 0 Å². The Hall–Kier alpha value is -2.26. The van der Waals surface area contributed by atoms with Crippen LogP contribution in [0.4, 0.5) is 5.95 Å². The summed E-state index contributed by atoms with van der Waals surface area (Å²) in [4.78, 5) is 15.3. The van der Waals surface area contributed by atoms with E-state index in [-0.39, 0.29) is 17.5 Å². The van der Waals surface area contributed by atoms with Gasteiger partial charge in [0.15, 0.2) is 5.82 Å². The van der Waals surface area contributed by atoms with Crippen LogP contribution in [0.5, 0.6) is 6.01 Å². The Kier molecular flexibility index (Phi) is 5.45. The summed E-state index contributed by atoms with van der Waals surface area (Å²) in [5, 5.41) is 0. The van der Waals surface area contributed by atoms with Crippen molar-refractivity contribution in [3.05, 3.63) is 35.2 Å². The first-order valence-electron chi connectivity index (χ1n) is 9.70. The van der Waals surface area contributed by atoms with E-state index in [0.29, 0.717) is 11.8 Å². The molecule has 1 N–H and O–H groups in total. The number of aromatic nitrogens is 3. The first-order valence-corrected chi connectivity index (χ1v) is 11.2. The molecule has 2 aromatic rings. The number of hydrogen-bond donors (Lipinski definition) is 1. The molecule has 0 radical (unpaired) electrons. The van der Waals surface area contributed by atoms with Crippen LogP contribution in [0.2, 0.25) is 0 Å². The van der Waals surface area contributed by atoms with Gasteiger partial charge >= 0.3 is 6.01 Å². The topological polar surface area (TPSA) is 97.3 Å². The smallest absolute Gasteiger partial charge is 0.321 e. The molecule has 28 heavy (non-hydrogen) atoms. The number of rotatable bonds is 6. The third-order valence-corrected chi connectivity index (χ3v) is 6.67. The lowest BCUT2D eigenvalue weighted by Gasteiger charge is -2.17. The SMILES string of the molecule is COc1nc(CNS(=O)(=O)c2ccc3c(c2)CCCC3)nc(N2CCCC2)n1. The molecule has 0 spiro atoms. The van der Waals surface area contributed by atoms with E-state index in [0.717, 1.165) is 57.2 Å². The van der Waals surface area contributed by atoms with E-state index in [1.165, 1.54) is 12.7 Å². The van der Waals surface area contributed by atoms with Gasteiger partial charge < -0.3 is 9.64 Å². The van der Waals surface area contributed by atoms with E-state index < -0.39 is 10.0 Å². The molecular formula is C19H25N5O3S. The van der Waals surface area contributed by atoms with Gasteiger partial charge in [-0.2, -0.15) is 15.0 Å². The average molecular weight is 404 g/mol. The number of fused-ring (bicyclic) bond motifs is 1. The van der Waals surface area contributed by atoms with Gasteiger partial charge in [-0.3, -0.25) is 0 Å². The Bertz CT molecular complexity index is 958. The van der Waals surface area contributed by atoms with Crippen LogP contribution in [0.1, 0.15) is 42.6 Å². The summed E-state index contributed by atoms with van der Waals surface area (Å²) in [6, 6.07) is 5.59. The van der Waals surface area contributed by atoms with Crippen LogP contribution in [-0.4, -0.2) is 43.6 Å². The maximum Gasteiger partial charge on any atom is 0.321 e. The van der Waals surface area contributed by atoms with Crippen molar-refractivity contribution in [2.75, 3.05) is 25.1 Å². The molecule has 0 atom stereocenters. The zero-order valence-electron chi connectivity index (χ0n) is 16.0. The van der Waals surface area contributed by atoms with E-state index in [2.05, 4.69) is 24.6 Å². The average Bonchev–Trinajstić information content (AvgIpc) is 3.27. The molecule has 0 saturated carbocycles. The lowest BCUT2D eigenvalue weighted by Crippen LogP contribution is -2.26. The van der Waals surface area contributed by atoms with Crippen LogP contribution in [0.25, 0.3) is 0 Å². The highest BCUT2D eigenvalue weighted by Gasteiger charge is 2.20. The second-order valence-electron chi connectivity index (χ2n) is 7.19. The Morgan fingerprint density at radius 2 is 1.79 bits per heavy atom. The fraction of sp³-hybridized carbons (Fsp3) is 0.526. The highest BCUT2D eigenvalue weighted by Crippen LogP contribution is 2.24. The molecule has 150 valence electrons. The Morgan fingerprint density at radius 3 is 2.54 bits per heavy atom. The number of ether oxygens (including phenoxy) is 1. The van der Waals surface area contributed by atoms with Gasteiger partial charge in [0.25, 0.3) is 0 Å². The Morgan fingerprint density at radius 1 is 1.04 bits per heavy atom. The normalized spacial score (nSPS) is 16.8. The first-order chi connectivity index (χ1) is 13.5. The molecule has 1 aromatic carbocycles. The van der Waals surface area contributed by atoms with Gasteiger partial charge in [-0.25, -0.2) is 13.1 Å². The minimum Gasteiger partial charge on any atom is -0.467 e. The predicted octanol–water partition coefficient (Wildman–Crippen LogP) is 1.84. The molecule has 1 aliphatic carbocycles. The minimum atomic E-state index is -3.65. The molecule has 2 heterocycles. The van der Waals surface area contributed by atoms with E-state index in [1.54, 1.807) is 12.1 Å². The number of nitrogens with one attached hydrogen (secondary N) is 1. The summed E-state index contributed by atoms with van der Waals surface area (Å²) >= 11 is 0. The number of sulfonamides is 1. The molecule has 0 amide bonds. The van der Waals surface area contributed by atoms with Crippen LogP contribution in [0.3, 0.4) is 0 Å². The van der Waals surface area contributed by atoms with Crippen LogP contribution < -0.4 is 14.4 Å². The predicted molar refractivity (Wildman–Crippen MR) is 105 cm³/mol. The largest absolute Gasteiger partial charge is 0.467 e. The zero-order chi connectivity index (χ0) is 19.6. The Balaban J connectivity index is 1.52. The lowest BCUT2D eigenvalue weighted by molar-refractivity contribution is 0.375. The Labute approximate surface area is 165 Å². The van der Waals surface area contributed by atoms with E-state index in [4.69, 9.17) is 4.74 Å². The second kappa shape index (κ2) is 8.00. The van der Waals surface area contributed by atoms with Crippen molar-refractivity contribution in [1.29, 1.82) is 0 Å². The summed E-state index contributed by atoms with van der Waals surface area (Å²) in [5.41, 5.74) is 2.38. The summed E-state index contributed by atoms with van der Waals surface area (Å²) in [6.45, 7) is 1.75. The molecule has 0 bridgehead atoms. The fourth-order valence-corrected chi connectivity index (χ4v) is 4.77. The summed E-state index contributed by atoms with van der Waals surface area (Å²) in [6.07, 6.45) is 6.41. The van der Waals surface area contributed by atoms with Crippen LogP contribution in [0, 0.1) is 0 Å². The highest BCUT2D eigenvalue weighted by atomic mass is 32.2. The van der Waals surface area contributed by atoms with Crippen molar-refractivity contribution in [3.63, 3.8) is 0 Å². The lowest BCUT2D eigenvalue weighted by atomic mass is 9.92. The molecule has 8 nitrogen and oxygen atoms in total. The van der Waals surface area contributed by atoms with Gasteiger partial charge in [-0.1, -0.05) is 6.07 Å². The molecule has 1 fully saturated rings. The third kappa shape index (κ3) is 4.10. The highest BCUT2D eigenvalue weighted by molar-refractivity contribution is 7.89. The molecule has 1 saturated heterocycles. The van der Waals surface area contributed by atoms with Gasteiger partial charge in [0.05, 0.1) is 18.6 Å². The summed E-state index contributed by atoms with van der Waals surface area (Å²) in [7, 11) is -2.16. The second-order valence-corrected chi connectivity index (χ2v) is 8.96. The van der Waals surface area contributed by atoms with Gasteiger partial charge in [-0.05, 0) is 61.8 Å². The van der Waals surface area contributed by atoms with Gasteiger partial charge in [0, 0.05) is 13.1 Å². The first kappa shape index (κ1) is 19.1.